The molecule has 0 radical (unpaired) electrons. The number of hydrogen-bond acceptors (Lipinski definition) is 2. The highest BCUT2D eigenvalue weighted by Crippen LogP contribution is 2.26. The zero-order valence-corrected chi connectivity index (χ0v) is 10.2. The average molecular weight is 198 g/mol. The maximum absolute atomic E-state index is 3.61. The van der Waals surface area contributed by atoms with E-state index in [-0.39, 0.29) is 0 Å². The monoisotopic (exact) mass is 198 g/mol. The van der Waals surface area contributed by atoms with E-state index in [4.69, 9.17) is 0 Å². The largest absolute Gasteiger partial charge is 0.317 e. The van der Waals surface area contributed by atoms with Crippen LogP contribution in [-0.2, 0) is 0 Å². The second-order valence-corrected chi connectivity index (χ2v) is 6.22. The topological polar surface area (TPSA) is 24.1 Å². The van der Waals surface area contributed by atoms with E-state index in [9.17, 15) is 0 Å². The summed E-state index contributed by atoms with van der Waals surface area (Å²) in [4.78, 5) is 0. The lowest BCUT2D eigenvalue weighted by atomic mass is 9.81. The number of piperidine rings is 1. The predicted octanol–water partition coefficient (Wildman–Crippen LogP) is 2.01. The van der Waals surface area contributed by atoms with Crippen molar-refractivity contribution in [3.63, 3.8) is 0 Å². The molecule has 0 aliphatic carbocycles. The molecule has 2 nitrogen and oxygen atoms in total. The van der Waals surface area contributed by atoms with Crippen LogP contribution in [0.25, 0.3) is 0 Å². The van der Waals surface area contributed by atoms with Crippen LogP contribution in [-0.4, -0.2) is 26.2 Å². The standard InChI is InChI=1S/C12H26N2/c1-11(2,3)9-14-10-12(4)5-7-13-8-6-12/h13-14H,5-10H2,1-4H3. The molecule has 0 aromatic heterocycles. The van der Waals surface area contributed by atoms with Crippen molar-refractivity contribution in [2.24, 2.45) is 10.8 Å². The maximum Gasteiger partial charge on any atom is 0.000634 e. The lowest BCUT2D eigenvalue weighted by Crippen LogP contribution is -2.43. The zero-order valence-electron chi connectivity index (χ0n) is 10.2. The fourth-order valence-corrected chi connectivity index (χ4v) is 1.95. The van der Waals surface area contributed by atoms with Crippen LogP contribution in [0.2, 0.25) is 0 Å². The Hall–Kier alpha value is -0.0800. The maximum atomic E-state index is 3.61. The molecule has 0 aromatic rings. The van der Waals surface area contributed by atoms with Gasteiger partial charge in [0.05, 0.1) is 0 Å². The van der Waals surface area contributed by atoms with Crippen LogP contribution in [0.15, 0.2) is 0 Å². The van der Waals surface area contributed by atoms with Crippen LogP contribution in [0.1, 0.15) is 40.5 Å². The average Bonchev–Trinajstić information content (AvgIpc) is 2.02. The third-order valence-electron chi connectivity index (χ3n) is 3.02. The van der Waals surface area contributed by atoms with Gasteiger partial charge in [-0.2, -0.15) is 0 Å². The summed E-state index contributed by atoms with van der Waals surface area (Å²) in [5.74, 6) is 0. The summed E-state index contributed by atoms with van der Waals surface area (Å²) in [6.07, 6.45) is 2.62. The highest BCUT2D eigenvalue weighted by Gasteiger charge is 2.26. The Morgan fingerprint density at radius 1 is 1.21 bits per heavy atom. The van der Waals surface area contributed by atoms with Crippen LogP contribution in [0, 0.1) is 10.8 Å². The Morgan fingerprint density at radius 3 is 2.29 bits per heavy atom. The summed E-state index contributed by atoms with van der Waals surface area (Å²) >= 11 is 0. The lowest BCUT2D eigenvalue weighted by Gasteiger charge is -2.35. The second kappa shape index (κ2) is 4.63. The molecule has 1 aliphatic heterocycles. The SMILES string of the molecule is CC(C)(C)CNCC1(C)CCNCC1. The first-order valence-corrected chi connectivity index (χ1v) is 5.83. The summed E-state index contributed by atoms with van der Waals surface area (Å²) in [5, 5.41) is 7.03. The minimum atomic E-state index is 0.406. The van der Waals surface area contributed by atoms with E-state index in [1.54, 1.807) is 0 Å². The van der Waals surface area contributed by atoms with Crippen molar-refractivity contribution in [1.82, 2.24) is 10.6 Å². The van der Waals surface area contributed by atoms with Gasteiger partial charge in [0.1, 0.15) is 0 Å². The smallest absolute Gasteiger partial charge is 0.000634 e. The molecule has 1 fully saturated rings. The third kappa shape index (κ3) is 4.43. The van der Waals surface area contributed by atoms with E-state index in [1.165, 1.54) is 32.5 Å². The van der Waals surface area contributed by atoms with Gasteiger partial charge in [-0.05, 0) is 36.8 Å². The minimum Gasteiger partial charge on any atom is -0.317 e. The van der Waals surface area contributed by atoms with Crippen LogP contribution < -0.4 is 10.6 Å². The summed E-state index contributed by atoms with van der Waals surface area (Å²) in [7, 11) is 0. The first-order valence-electron chi connectivity index (χ1n) is 5.83. The summed E-state index contributed by atoms with van der Waals surface area (Å²) in [6.45, 7) is 13.9. The van der Waals surface area contributed by atoms with Crippen molar-refractivity contribution in [2.45, 2.75) is 40.5 Å². The molecule has 0 atom stereocenters. The van der Waals surface area contributed by atoms with Gasteiger partial charge in [0, 0.05) is 13.1 Å². The summed E-state index contributed by atoms with van der Waals surface area (Å²) < 4.78 is 0. The molecule has 0 aromatic carbocycles. The van der Waals surface area contributed by atoms with Gasteiger partial charge >= 0.3 is 0 Å². The van der Waals surface area contributed by atoms with E-state index in [1.807, 2.05) is 0 Å². The third-order valence-corrected chi connectivity index (χ3v) is 3.02. The number of nitrogens with one attached hydrogen (secondary N) is 2. The Morgan fingerprint density at radius 2 is 1.79 bits per heavy atom. The fraction of sp³-hybridized carbons (Fsp3) is 1.00. The van der Waals surface area contributed by atoms with Gasteiger partial charge < -0.3 is 10.6 Å². The Balaban J connectivity index is 2.22. The molecule has 1 rings (SSSR count). The Labute approximate surface area is 88.8 Å². The van der Waals surface area contributed by atoms with Gasteiger partial charge in [0.2, 0.25) is 0 Å². The molecule has 0 spiro atoms. The highest BCUT2D eigenvalue weighted by molar-refractivity contribution is 4.83. The van der Waals surface area contributed by atoms with Gasteiger partial charge in [0.25, 0.3) is 0 Å². The highest BCUT2D eigenvalue weighted by atomic mass is 14.9. The van der Waals surface area contributed by atoms with Crippen molar-refractivity contribution >= 4 is 0 Å². The Bertz CT molecular complexity index is 164. The van der Waals surface area contributed by atoms with Crippen LogP contribution in [0.5, 0.6) is 0 Å². The molecule has 0 unspecified atom stereocenters. The lowest BCUT2D eigenvalue weighted by molar-refractivity contribution is 0.210. The van der Waals surface area contributed by atoms with Crippen molar-refractivity contribution in [1.29, 1.82) is 0 Å². The number of rotatable bonds is 3. The molecule has 1 saturated heterocycles. The first kappa shape index (κ1) is 12.0. The van der Waals surface area contributed by atoms with Crippen LogP contribution >= 0.6 is 0 Å². The van der Waals surface area contributed by atoms with E-state index in [0.29, 0.717) is 10.8 Å². The normalized spacial score (nSPS) is 22.3. The van der Waals surface area contributed by atoms with Crippen LogP contribution in [0.4, 0.5) is 0 Å². The minimum absolute atomic E-state index is 0.406. The van der Waals surface area contributed by atoms with E-state index < -0.39 is 0 Å². The summed E-state index contributed by atoms with van der Waals surface area (Å²) in [6, 6.07) is 0. The quantitative estimate of drug-likeness (QED) is 0.725. The van der Waals surface area contributed by atoms with Crippen molar-refractivity contribution in [3.05, 3.63) is 0 Å². The second-order valence-electron chi connectivity index (χ2n) is 6.22. The molecular formula is C12H26N2. The van der Waals surface area contributed by atoms with Crippen LogP contribution in [0.3, 0.4) is 0 Å². The van der Waals surface area contributed by atoms with E-state index in [2.05, 4.69) is 38.3 Å². The molecule has 84 valence electrons. The fourth-order valence-electron chi connectivity index (χ4n) is 1.95. The predicted molar refractivity (Wildman–Crippen MR) is 62.5 cm³/mol. The molecule has 1 heterocycles. The summed E-state index contributed by atoms with van der Waals surface area (Å²) in [5.41, 5.74) is 0.930. The molecule has 2 heteroatoms. The van der Waals surface area contributed by atoms with Gasteiger partial charge in [-0.25, -0.2) is 0 Å². The van der Waals surface area contributed by atoms with Crippen molar-refractivity contribution < 1.29 is 0 Å². The van der Waals surface area contributed by atoms with Crippen molar-refractivity contribution in [2.75, 3.05) is 26.2 Å². The van der Waals surface area contributed by atoms with E-state index >= 15 is 0 Å². The van der Waals surface area contributed by atoms with Gasteiger partial charge in [-0.1, -0.05) is 27.7 Å². The van der Waals surface area contributed by atoms with E-state index in [0.717, 1.165) is 6.54 Å². The van der Waals surface area contributed by atoms with Gasteiger partial charge in [0.15, 0.2) is 0 Å². The van der Waals surface area contributed by atoms with Gasteiger partial charge in [-0.3, -0.25) is 0 Å². The molecule has 0 saturated carbocycles. The molecule has 1 aliphatic rings. The molecule has 0 bridgehead atoms. The molecule has 14 heavy (non-hydrogen) atoms. The van der Waals surface area contributed by atoms with Gasteiger partial charge in [-0.15, -0.1) is 0 Å². The zero-order chi connectivity index (χ0) is 10.7. The molecule has 2 N–H and O–H groups in total. The van der Waals surface area contributed by atoms with Crippen molar-refractivity contribution in [3.8, 4) is 0 Å². The first-order chi connectivity index (χ1) is 6.41. The molecule has 0 amide bonds. The number of hydrogen-bond donors (Lipinski definition) is 2. The Kier molecular flexibility index (Phi) is 3.96. The molecular weight excluding hydrogens is 172 g/mol.